The second-order valence-corrected chi connectivity index (χ2v) is 10.4. The van der Waals surface area contributed by atoms with E-state index in [1.807, 2.05) is 65.6 Å². The molecule has 1 atom stereocenters. The topological polar surface area (TPSA) is 69.7 Å². The Labute approximate surface area is 213 Å². The van der Waals surface area contributed by atoms with Gasteiger partial charge in [0.25, 0.3) is 5.91 Å². The lowest BCUT2D eigenvalue weighted by Gasteiger charge is -2.34. The van der Waals surface area contributed by atoms with Gasteiger partial charge in [0.2, 0.25) is 11.8 Å². The Morgan fingerprint density at radius 2 is 1.58 bits per heavy atom. The summed E-state index contributed by atoms with van der Waals surface area (Å²) in [5, 5.41) is 3.17. The SMILES string of the molecule is C[C@H](C(=O)N1CCCC1)C1CCC(NC(=O)CN2C(=O)c3ccccc3/C2=C\c2ccccc2)CC1. The molecule has 5 rings (SSSR count). The third-order valence-electron chi connectivity index (χ3n) is 8.03. The first-order valence-electron chi connectivity index (χ1n) is 13.3. The van der Waals surface area contributed by atoms with Crippen molar-refractivity contribution in [1.82, 2.24) is 15.1 Å². The van der Waals surface area contributed by atoms with E-state index in [2.05, 4.69) is 12.2 Å². The predicted molar refractivity (Wildman–Crippen MR) is 141 cm³/mol. The summed E-state index contributed by atoms with van der Waals surface area (Å²) in [6.07, 6.45) is 7.83. The van der Waals surface area contributed by atoms with Gasteiger partial charge >= 0.3 is 0 Å². The molecule has 36 heavy (non-hydrogen) atoms. The van der Waals surface area contributed by atoms with Gasteiger partial charge in [-0.3, -0.25) is 19.3 Å². The molecule has 0 unspecified atom stereocenters. The monoisotopic (exact) mass is 485 g/mol. The van der Waals surface area contributed by atoms with Crippen molar-refractivity contribution < 1.29 is 14.4 Å². The molecule has 2 aliphatic heterocycles. The van der Waals surface area contributed by atoms with Crippen LogP contribution in [0.2, 0.25) is 0 Å². The summed E-state index contributed by atoms with van der Waals surface area (Å²) in [5.74, 6) is 0.443. The summed E-state index contributed by atoms with van der Waals surface area (Å²) in [6, 6.07) is 17.5. The summed E-state index contributed by atoms with van der Waals surface area (Å²) in [7, 11) is 0. The quantitative estimate of drug-likeness (QED) is 0.652. The lowest BCUT2D eigenvalue weighted by atomic mass is 9.78. The van der Waals surface area contributed by atoms with E-state index in [1.54, 1.807) is 4.90 Å². The maximum Gasteiger partial charge on any atom is 0.259 e. The van der Waals surface area contributed by atoms with E-state index in [4.69, 9.17) is 0 Å². The first kappa shape index (κ1) is 24.3. The largest absolute Gasteiger partial charge is 0.352 e. The van der Waals surface area contributed by atoms with Gasteiger partial charge in [0, 0.05) is 36.2 Å². The molecule has 6 nitrogen and oxygen atoms in total. The Morgan fingerprint density at radius 3 is 2.28 bits per heavy atom. The Hall–Kier alpha value is -3.41. The van der Waals surface area contributed by atoms with Crippen molar-refractivity contribution in [3.05, 3.63) is 71.3 Å². The van der Waals surface area contributed by atoms with Gasteiger partial charge in [-0.2, -0.15) is 0 Å². The Kier molecular flexibility index (Phi) is 7.21. The number of hydrogen-bond acceptors (Lipinski definition) is 3. The van der Waals surface area contributed by atoms with E-state index < -0.39 is 0 Å². The molecule has 2 heterocycles. The van der Waals surface area contributed by atoms with Crippen LogP contribution in [0.4, 0.5) is 0 Å². The Balaban J connectivity index is 1.20. The molecule has 0 aromatic heterocycles. The maximum absolute atomic E-state index is 13.2. The van der Waals surface area contributed by atoms with Gasteiger partial charge in [-0.05, 0) is 62.1 Å². The van der Waals surface area contributed by atoms with Crippen LogP contribution in [-0.2, 0) is 9.59 Å². The number of fused-ring (bicyclic) bond motifs is 1. The van der Waals surface area contributed by atoms with E-state index >= 15 is 0 Å². The summed E-state index contributed by atoms with van der Waals surface area (Å²) in [4.78, 5) is 42.7. The van der Waals surface area contributed by atoms with Crippen LogP contribution in [-0.4, -0.2) is 53.2 Å². The van der Waals surface area contributed by atoms with E-state index in [0.29, 0.717) is 17.4 Å². The highest BCUT2D eigenvalue weighted by Crippen LogP contribution is 2.35. The van der Waals surface area contributed by atoms with Crippen molar-refractivity contribution in [3.8, 4) is 0 Å². The maximum atomic E-state index is 13.2. The zero-order valence-electron chi connectivity index (χ0n) is 21.0. The highest BCUT2D eigenvalue weighted by atomic mass is 16.2. The zero-order valence-corrected chi connectivity index (χ0v) is 21.0. The van der Waals surface area contributed by atoms with Crippen molar-refractivity contribution in [2.75, 3.05) is 19.6 Å². The van der Waals surface area contributed by atoms with Crippen LogP contribution in [0.3, 0.4) is 0 Å². The van der Waals surface area contributed by atoms with Crippen molar-refractivity contribution >= 4 is 29.5 Å². The minimum absolute atomic E-state index is 0.00401. The van der Waals surface area contributed by atoms with Crippen LogP contribution in [0.15, 0.2) is 54.6 Å². The van der Waals surface area contributed by atoms with Crippen LogP contribution in [0.1, 0.15) is 66.9 Å². The van der Waals surface area contributed by atoms with Crippen LogP contribution < -0.4 is 5.32 Å². The number of benzene rings is 2. The molecular weight excluding hydrogens is 450 g/mol. The molecule has 3 amide bonds. The van der Waals surface area contributed by atoms with Crippen LogP contribution >= 0.6 is 0 Å². The summed E-state index contributed by atoms with van der Waals surface area (Å²) in [5.41, 5.74) is 3.23. The van der Waals surface area contributed by atoms with E-state index in [1.165, 1.54) is 0 Å². The number of likely N-dealkylation sites (tertiary alicyclic amines) is 1. The highest BCUT2D eigenvalue weighted by molar-refractivity contribution is 6.13. The fraction of sp³-hybridized carbons (Fsp3) is 0.433. The fourth-order valence-corrected chi connectivity index (χ4v) is 5.92. The summed E-state index contributed by atoms with van der Waals surface area (Å²) < 4.78 is 0. The van der Waals surface area contributed by atoms with E-state index in [9.17, 15) is 14.4 Å². The normalized spacial score (nSPS) is 23.6. The van der Waals surface area contributed by atoms with Gasteiger partial charge in [-0.25, -0.2) is 0 Å². The van der Waals surface area contributed by atoms with Gasteiger partial charge in [0.05, 0.1) is 5.70 Å². The Bertz CT molecular complexity index is 1150. The first-order valence-corrected chi connectivity index (χ1v) is 13.3. The smallest absolute Gasteiger partial charge is 0.259 e. The second kappa shape index (κ2) is 10.7. The molecule has 0 bridgehead atoms. The minimum Gasteiger partial charge on any atom is -0.352 e. The average molecular weight is 486 g/mol. The molecule has 6 heteroatoms. The number of amides is 3. The van der Waals surface area contributed by atoms with Crippen LogP contribution in [0.5, 0.6) is 0 Å². The third kappa shape index (κ3) is 5.08. The number of nitrogens with one attached hydrogen (secondary N) is 1. The van der Waals surface area contributed by atoms with Crippen molar-refractivity contribution in [1.29, 1.82) is 0 Å². The van der Waals surface area contributed by atoms with Gasteiger partial charge in [0.1, 0.15) is 6.54 Å². The molecule has 3 aliphatic rings. The molecule has 1 saturated heterocycles. The standard InChI is InChI=1S/C30H35N3O3/c1-21(29(35)32-17-7-8-18-32)23-13-15-24(16-14-23)31-28(34)20-33-27(19-22-9-3-2-4-10-22)25-11-5-6-12-26(25)30(33)36/h2-6,9-12,19,21,23-24H,7-8,13-18,20H2,1H3,(H,31,34)/b27-19+/t21-,23?,24?/m0/s1. The van der Waals surface area contributed by atoms with Crippen molar-refractivity contribution in [2.45, 2.75) is 51.5 Å². The van der Waals surface area contributed by atoms with Gasteiger partial charge in [-0.1, -0.05) is 55.5 Å². The molecule has 1 aliphatic carbocycles. The third-order valence-corrected chi connectivity index (χ3v) is 8.03. The first-order chi connectivity index (χ1) is 17.5. The summed E-state index contributed by atoms with van der Waals surface area (Å²) >= 11 is 0. The Morgan fingerprint density at radius 1 is 0.944 bits per heavy atom. The average Bonchev–Trinajstić information content (AvgIpc) is 3.53. The molecular formula is C30H35N3O3. The number of nitrogens with zero attached hydrogens (tertiary/aromatic N) is 2. The number of rotatable bonds is 6. The van der Waals surface area contributed by atoms with E-state index in [-0.39, 0.29) is 30.3 Å². The predicted octanol–water partition coefficient (Wildman–Crippen LogP) is 4.57. The van der Waals surface area contributed by atoms with Crippen molar-refractivity contribution in [3.63, 3.8) is 0 Å². The minimum atomic E-state index is -0.139. The number of hydrogen-bond donors (Lipinski definition) is 1. The number of carbonyl (C=O) groups excluding carboxylic acids is 3. The molecule has 188 valence electrons. The molecule has 0 spiro atoms. The van der Waals surface area contributed by atoms with Crippen LogP contribution in [0, 0.1) is 11.8 Å². The molecule has 1 N–H and O–H groups in total. The molecule has 2 aromatic rings. The molecule has 1 saturated carbocycles. The van der Waals surface area contributed by atoms with Gasteiger partial charge in [-0.15, -0.1) is 0 Å². The van der Waals surface area contributed by atoms with E-state index in [0.717, 1.165) is 68.4 Å². The fourth-order valence-electron chi connectivity index (χ4n) is 5.92. The van der Waals surface area contributed by atoms with Gasteiger partial charge in [0.15, 0.2) is 0 Å². The lowest BCUT2D eigenvalue weighted by molar-refractivity contribution is -0.136. The van der Waals surface area contributed by atoms with Gasteiger partial charge < -0.3 is 10.2 Å². The highest BCUT2D eigenvalue weighted by Gasteiger charge is 2.35. The zero-order chi connectivity index (χ0) is 25.1. The molecule has 2 fully saturated rings. The van der Waals surface area contributed by atoms with Crippen LogP contribution in [0.25, 0.3) is 11.8 Å². The second-order valence-electron chi connectivity index (χ2n) is 10.4. The van der Waals surface area contributed by atoms with Crippen molar-refractivity contribution in [2.24, 2.45) is 11.8 Å². The molecule has 2 aromatic carbocycles. The summed E-state index contributed by atoms with van der Waals surface area (Å²) in [6.45, 7) is 3.86. The lowest BCUT2D eigenvalue weighted by Crippen LogP contribution is -2.44. The number of carbonyl (C=O) groups is 3. The molecule has 0 radical (unpaired) electrons.